The monoisotopic (exact) mass is 377 g/mol. The van der Waals surface area contributed by atoms with Gasteiger partial charge in [-0.25, -0.2) is 0 Å². The van der Waals surface area contributed by atoms with Gasteiger partial charge in [-0.15, -0.1) is 11.8 Å². The lowest BCUT2D eigenvalue weighted by molar-refractivity contribution is -0.140. The van der Waals surface area contributed by atoms with Crippen LogP contribution in [0.5, 0.6) is 5.75 Å². The van der Waals surface area contributed by atoms with Crippen molar-refractivity contribution in [3.8, 4) is 5.75 Å². The highest BCUT2D eigenvalue weighted by Gasteiger charge is 2.31. The normalized spacial score (nSPS) is 21.0. The second kappa shape index (κ2) is 9.28. The number of piperazine rings is 1. The van der Waals surface area contributed by atoms with E-state index in [4.69, 9.17) is 4.74 Å². The van der Waals surface area contributed by atoms with Gasteiger partial charge in [0.05, 0.1) is 13.7 Å². The van der Waals surface area contributed by atoms with Crippen molar-refractivity contribution in [2.75, 3.05) is 45.6 Å². The predicted octanol–water partition coefficient (Wildman–Crippen LogP) is 1.60. The van der Waals surface area contributed by atoms with Gasteiger partial charge in [-0.05, 0) is 37.1 Å². The molecule has 2 amide bonds. The minimum atomic E-state index is 0.158. The van der Waals surface area contributed by atoms with Crippen molar-refractivity contribution >= 4 is 23.6 Å². The second-order valence-electron chi connectivity index (χ2n) is 6.67. The van der Waals surface area contributed by atoms with E-state index in [1.807, 2.05) is 34.1 Å². The molecule has 6 nitrogen and oxygen atoms in total. The predicted molar refractivity (Wildman–Crippen MR) is 103 cm³/mol. The first-order valence-electron chi connectivity index (χ1n) is 9.22. The number of thioether (sulfide) groups is 1. The van der Waals surface area contributed by atoms with E-state index in [1.165, 1.54) is 0 Å². The molecule has 142 valence electrons. The number of likely N-dealkylation sites (tertiary alicyclic amines) is 1. The first-order valence-corrected chi connectivity index (χ1v) is 10.2. The first-order chi connectivity index (χ1) is 12.7. The first kappa shape index (κ1) is 19.0. The number of ether oxygens (including phenoxy) is 1. The molecule has 1 aromatic carbocycles. The Bertz CT molecular complexity index is 623. The number of carbonyl (C=O) groups excluding carboxylic acids is 2. The van der Waals surface area contributed by atoms with Crippen molar-refractivity contribution in [1.82, 2.24) is 15.1 Å². The summed E-state index contributed by atoms with van der Waals surface area (Å²) in [5, 5.41) is 3.11. The van der Waals surface area contributed by atoms with E-state index in [1.54, 1.807) is 18.9 Å². The molecule has 26 heavy (non-hydrogen) atoms. The van der Waals surface area contributed by atoms with Crippen molar-refractivity contribution < 1.29 is 14.3 Å². The molecule has 0 radical (unpaired) electrons. The van der Waals surface area contributed by atoms with Gasteiger partial charge < -0.3 is 19.9 Å². The van der Waals surface area contributed by atoms with Crippen LogP contribution in [-0.4, -0.2) is 73.2 Å². The van der Waals surface area contributed by atoms with Crippen molar-refractivity contribution in [2.45, 2.75) is 30.2 Å². The van der Waals surface area contributed by atoms with E-state index in [-0.39, 0.29) is 17.9 Å². The van der Waals surface area contributed by atoms with Gasteiger partial charge in [0, 0.05) is 49.3 Å². The van der Waals surface area contributed by atoms with E-state index in [2.05, 4.69) is 5.32 Å². The SMILES string of the molecule is COc1ccc(SCCC(=O)N2CCCC(N3CCNCC3=O)C2)cc1. The van der Waals surface area contributed by atoms with Crippen LogP contribution in [0.1, 0.15) is 19.3 Å². The van der Waals surface area contributed by atoms with Crippen LogP contribution in [0.3, 0.4) is 0 Å². The minimum Gasteiger partial charge on any atom is -0.497 e. The number of amides is 2. The molecule has 2 saturated heterocycles. The van der Waals surface area contributed by atoms with Crippen LogP contribution in [0, 0.1) is 0 Å². The van der Waals surface area contributed by atoms with E-state index < -0.39 is 0 Å². The molecule has 2 fully saturated rings. The third-order valence-corrected chi connectivity index (χ3v) is 5.97. The summed E-state index contributed by atoms with van der Waals surface area (Å²) in [6.45, 7) is 3.50. The molecule has 1 unspecified atom stereocenters. The van der Waals surface area contributed by atoms with Crippen molar-refractivity contribution in [3.63, 3.8) is 0 Å². The van der Waals surface area contributed by atoms with E-state index >= 15 is 0 Å². The zero-order chi connectivity index (χ0) is 18.4. The molecule has 1 aromatic rings. The number of nitrogens with zero attached hydrogens (tertiary/aromatic N) is 2. The molecule has 0 spiro atoms. The summed E-state index contributed by atoms with van der Waals surface area (Å²) < 4.78 is 5.16. The summed E-state index contributed by atoms with van der Waals surface area (Å²) in [4.78, 5) is 29.7. The lowest BCUT2D eigenvalue weighted by atomic mass is 10.0. The topological polar surface area (TPSA) is 61.9 Å². The average molecular weight is 378 g/mol. The summed E-state index contributed by atoms with van der Waals surface area (Å²) in [6.07, 6.45) is 2.49. The lowest BCUT2D eigenvalue weighted by Gasteiger charge is -2.41. The second-order valence-corrected chi connectivity index (χ2v) is 7.84. The van der Waals surface area contributed by atoms with E-state index in [0.29, 0.717) is 19.5 Å². The summed E-state index contributed by atoms with van der Waals surface area (Å²) in [5.74, 6) is 1.95. The number of methoxy groups -OCH3 is 1. The van der Waals surface area contributed by atoms with Crippen LogP contribution in [0.15, 0.2) is 29.2 Å². The van der Waals surface area contributed by atoms with E-state index in [0.717, 1.165) is 48.9 Å². The zero-order valence-corrected chi connectivity index (χ0v) is 16.1. The maximum absolute atomic E-state index is 12.6. The third-order valence-electron chi connectivity index (χ3n) is 4.96. The number of rotatable bonds is 6. The summed E-state index contributed by atoms with van der Waals surface area (Å²) in [7, 11) is 1.65. The number of hydrogen-bond donors (Lipinski definition) is 1. The largest absolute Gasteiger partial charge is 0.497 e. The van der Waals surface area contributed by atoms with Crippen LogP contribution in [0.4, 0.5) is 0 Å². The van der Waals surface area contributed by atoms with Gasteiger partial charge in [0.15, 0.2) is 0 Å². The molecule has 2 heterocycles. The van der Waals surface area contributed by atoms with Crippen LogP contribution in [-0.2, 0) is 9.59 Å². The standard InChI is InChI=1S/C19H27N3O3S/c1-25-16-4-6-17(7-5-16)26-12-8-18(23)21-10-2-3-15(14-21)22-11-9-20-13-19(22)24/h4-7,15,20H,2-3,8-14H2,1H3. The number of piperidine rings is 1. The molecule has 2 aliphatic heterocycles. The zero-order valence-electron chi connectivity index (χ0n) is 15.3. The molecule has 1 N–H and O–H groups in total. The van der Waals surface area contributed by atoms with Crippen molar-refractivity contribution in [2.24, 2.45) is 0 Å². The van der Waals surface area contributed by atoms with Crippen molar-refractivity contribution in [1.29, 1.82) is 0 Å². The van der Waals surface area contributed by atoms with Crippen LogP contribution >= 0.6 is 11.8 Å². The molecule has 1 atom stereocenters. The number of carbonyl (C=O) groups is 2. The summed E-state index contributed by atoms with van der Waals surface area (Å²) in [6, 6.07) is 8.08. The van der Waals surface area contributed by atoms with Crippen LogP contribution < -0.4 is 10.1 Å². The van der Waals surface area contributed by atoms with E-state index in [9.17, 15) is 9.59 Å². The smallest absolute Gasteiger partial charge is 0.236 e. The Morgan fingerprint density at radius 1 is 1.31 bits per heavy atom. The Balaban J connectivity index is 1.45. The number of hydrogen-bond acceptors (Lipinski definition) is 5. The molecule has 2 aliphatic rings. The molecule has 0 aromatic heterocycles. The van der Waals surface area contributed by atoms with Gasteiger partial charge in [-0.3, -0.25) is 9.59 Å². The summed E-state index contributed by atoms with van der Waals surface area (Å²) >= 11 is 1.69. The Labute approximate surface area is 159 Å². The highest BCUT2D eigenvalue weighted by molar-refractivity contribution is 7.99. The molecule has 0 bridgehead atoms. The van der Waals surface area contributed by atoms with Gasteiger partial charge in [-0.1, -0.05) is 0 Å². The lowest BCUT2D eigenvalue weighted by Crippen LogP contribution is -2.57. The molecular formula is C19H27N3O3S. The highest BCUT2D eigenvalue weighted by Crippen LogP contribution is 2.23. The van der Waals surface area contributed by atoms with Gasteiger partial charge in [0.1, 0.15) is 5.75 Å². The fourth-order valence-corrected chi connectivity index (χ4v) is 4.37. The Hall–Kier alpha value is -1.73. The molecule has 3 rings (SSSR count). The summed E-state index contributed by atoms with van der Waals surface area (Å²) in [5.41, 5.74) is 0. The van der Waals surface area contributed by atoms with Crippen LogP contribution in [0.25, 0.3) is 0 Å². The van der Waals surface area contributed by atoms with Gasteiger partial charge >= 0.3 is 0 Å². The van der Waals surface area contributed by atoms with Gasteiger partial charge in [0.25, 0.3) is 0 Å². The van der Waals surface area contributed by atoms with Crippen molar-refractivity contribution in [3.05, 3.63) is 24.3 Å². The Morgan fingerprint density at radius 3 is 2.85 bits per heavy atom. The maximum Gasteiger partial charge on any atom is 0.236 e. The van der Waals surface area contributed by atoms with Gasteiger partial charge in [-0.2, -0.15) is 0 Å². The maximum atomic E-state index is 12.6. The minimum absolute atomic E-state index is 0.158. The Kier molecular flexibility index (Phi) is 6.80. The number of nitrogens with one attached hydrogen (secondary N) is 1. The molecule has 7 heteroatoms. The van der Waals surface area contributed by atoms with Crippen LogP contribution in [0.2, 0.25) is 0 Å². The highest BCUT2D eigenvalue weighted by atomic mass is 32.2. The fraction of sp³-hybridized carbons (Fsp3) is 0.579. The molecular weight excluding hydrogens is 350 g/mol. The van der Waals surface area contributed by atoms with Gasteiger partial charge in [0.2, 0.25) is 11.8 Å². The third kappa shape index (κ3) is 4.92. The number of benzene rings is 1. The molecule has 0 saturated carbocycles. The Morgan fingerprint density at radius 2 is 2.12 bits per heavy atom. The quantitative estimate of drug-likeness (QED) is 0.763. The fourth-order valence-electron chi connectivity index (χ4n) is 3.53. The average Bonchev–Trinajstić information content (AvgIpc) is 2.69. The molecule has 0 aliphatic carbocycles.